The fourth-order valence-corrected chi connectivity index (χ4v) is 0. The Morgan fingerprint density at radius 3 is 0.462 bits per heavy atom. The fourth-order valence-electron chi connectivity index (χ4n) is 0. The Kier molecular flexibility index (Phi) is 4520. The molecule has 3 heteroatoms. The smallest absolute Gasteiger partial charge is 0.358 e. The molecule has 0 atom stereocenters. The molecule has 0 saturated heterocycles. The minimum atomic E-state index is 0. The number of hydrogen-bond donors (Lipinski definition) is 0. The van der Waals surface area contributed by atoms with Gasteiger partial charge in [-0.15, -0.1) is 0 Å². The van der Waals surface area contributed by atoms with Crippen LogP contribution in [0.25, 0.3) is 0 Å². The predicted octanol–water partition coefficient (Wildman–Crippen LogP) is 4.81. The molecule has 84 valence electrons. The summed E-state index contributed by atoms with van der Waals surface area (Å²) < 4.78 is 0. The average molecular weight is 418 g/mol. The Labute approximate surface area is 168 Å². The van der Waals surface area contributed by atoms with E-state index in [0.717, 1.165) is 0 Å². The zero-order valence-corrected chi connectivity index (χ0v) is 19.2. The van der Waals surface area contributed by atoms with Crippen molar-refractivity contribution in [1.29, 1.82) is 0 Å². The molecule has 0 aliphatic heterocycles. The summed E-state index contributed by atoms with van der Waals surface area (Å²) in [6.45, 7) is 4.00. The van der Waals surface area contributed by atoms with Crippen LogP contribution >= 0.6 is 0 Å². The van der Waals surface area contributed by atoms with Crippen LogP contribution in [0.4, 0.5) is 0 Å². The predicted molar refractivity (Wildman–Crippen MR) is 63.0 cm³/mol. The Hall–Kier alpha value is 3.31. The van der Waals surface area contributed by atoms with Crippen LogP contribution in [0.2, 0.25) is 0 Å². The first-order chi connectivity index (χ1) is 1.00. The molecule has 0 aliphatic carbocycles. The van der Waals surface area contributed by atoms with E-state index in [1.54, 1.807) is 0 Å². The van der Waals surface area contributed by atoms with Gasteiger partial charge >= 0.3 is 32.7 Å². The normalized spacial score (nSPS) is 0.462. The SMILES string of the molecule is C.CC.[CH3-].[CH3-].[CH3-].[CH3-].[CH3-].[CH3-].[CH3-].[Y+3].[Y].[Y]. The van der Waals surface area contributed by atoms with Crippen molar-refractivity contribution < 1.29 is 98.1 Å². The van der Waals surface area contributed by atoms with Crippen LogP contribution in [0.5, 0.6) is 0 Å². The summed E-state index contributed by atoms with van der Waals surface area (Å²) in [6.07, 6.45) is 0. The van der Waals surface area contributed by atoms with Crippen molar-refractivity contribution in [3.63, 3.8) is 0 Å². The van der Waals surface area contributed by atoms with Gasteiger partial charge in [-0.25, -0.2) is 0 Å². The quantitative estimate of drug-likeness (QED) is 0.496. The average Bonchev–Trinajstić information content (AvgIpc) is 1.00. The molecule has 0 N–H and O–H groups in total. The molecule has 0 spiro atoms. The van der Waals surface area contributed by atoms with Gasteiger partial charge in [0, 0.05) is 65.4 Å². The van der Waals surface area contributed by atoms with Gasteiger partial charge in [0.15, 0.2) is 0 Å². The Morgan fingerprint density at radius 1 is 0.462 bits per heavy atom. The van der Waals surface area contributed by atoms with E-state index in [1.807, 2.05) is 13.8 Å². The van der Waals surface area contributed by atoms with Gasteiger partial charge in [0.1, 0.15) is 0 Å². The molecule has 0 aromatic carbocycles. The molecular weight excluding hydrogens is 387 g/mol. The minimum Gasteiger partial charge on any atom is -0.358 e. The van der Waals surface area contributed by atoms with Gasteiger partial charge < -0.3 is 52.0 Å². The summed E-state index contributed by atoms with van der Waals surface area (Å²) >= 11 is 0. The Balaban J connectivity index is -0.0000000000909. The van der Waals surface area contributed by atoms with Gasteiger partial charge in [-0.1, -0.05) is 21.3 Å². The molecule has 13 heavy (non-hydrogen) atoms. The summed E-state index contributed by atoms with van der Waals surface area (Å²) in [5, 5.41) is 0. The van der Waals surface area contributed by atoms with Crippen LogP contribution in [0.15, 0.2) is 0 Å². The maximum absolute atomic E-state index is 2.00. The van der Waals surface area contributed by atoms with Crippen LogP contribution in [0.1, 0.15) is 21.3 Å². The van der Waals surface area contributed by atoms with Crippen molar-refractivity contribution in [2.24, 2.45) is 0 Å². The number of hydrogen-bond acceptors (Lipinski definition) is 0. The molecule has 0 aliphatic rings. The summed E-state index contributed by atoms with van der Waals surface area (Å²) in [7, 11) is 0. The molecule has 0 amide bonds. The maximum Gasteiger partial charge on any atom is 3.00 e. The Morgan fingerprint density at radius 2 is 0.462 bits per heavy atom. The van der Waals surface area contributed by atoms with Gasteiger partial charge in [-0.05, 0) is 0 Å². The van der Waals surface area contributed by atoms with Crippen LogP contribution in [0, 0.1) is 52.0 Å². The summed E-state index contributed by atoms with van der Waals surface area (Å²) in [4.78, 5) is 0. The van der Waals surface area contributed by atoms with Crippen LogP contribution in [-0.4, -0.2) is 0 Å². The minimum absolute atomic E-state index is 0. The van der Waals surface area contributed by atoms with E-state index in [-0.39, 0.29) is 158 Å². The van der Waals surface area contributed by atoms with Gasteiger partial charge in [0.25, 0.3) is 0 Å². The zero-order valence-electron chi connectivity index (χ0n) is 10.7. The molecule has 0 nitrogen and oxygen atoms in total. The van der Waals surface area contributed by atoms with Crippen molar-refractivity contribution >= 4 is 0 Å². The Bertz CT molecular complexity index is 10.1. The molecule has 0 unspecified atom stereocenters. The van der Waals surface area contributed by atoms with Gasteiger partial charge in [-0.2, -0.15) is 0 Å². The monoisotopic (exact) mass is 418 g/mol. The molecule has 0 saturated carbocycles. The first kappa shape index (κ1) is 206. The first-order valence-corrected chi connectivity index (χ1v) is 1.00. The summed E-state index contributed by atoms with van der Waals surface area (Å²) in [5.41, 5.74) is 0. The standard InChI is InChI=1S/C2H6.CH4.7CH3.3Y/c1-2;;;;;;;;;;;/h1-2H3;1H4;7*1H3;;;/q;;7*-1;;;+3. The fraction of sp³-hybridized carbons (Fsp3) is 0.300. The summed E-state index contributed by atoms with van der Waals surface area (Å²) in [5.74, 6) is 0. The van der Waals surface area contributed by atoms with E-state index >= 15 is 0 Å². The van der Waals surface area contributed by atoms with Gasteiger partial charge in [0.05, 0.1) is 0 Å². The van der Waals surface area contributed by atoms with Gasteiger partial charge in [0.2, 0.25) is 0 Å². The van der Waals surface area contributed by atoms with E-state index in [1.165, 1.54) is 0 Å². The van der Waals surface area contributed by atoms with Crippen molar-refractivity contribution in [3.8, 4) is 0 Å². The second kappa shape index (κ2) is 286. The first-order valence-electron chi connectivity index (χ1n) is 1.00. The van der Waals surface area contributed by atoms with E-state index in [4.69, 9.17) is 0 Å². The second-order valence-corrected chi connectivity index (χ2v) is 0. The van der Waals surface area contributed by atoms with E-state index in [2.05, 4.69) is 0 Å². The van der Waals surface area contributed by atoms with Crippen molar-refractivity contribution in [3.05, 3.63) is 52.0 Å². The van der Waals surface area contributed by atoms with E-state index in [9.17, 15) is 0 Å². The molecule has 0 rings (SSSR count). The van der Waals surface area contributed by atoms with Crippen molar-refractivity contribution in [2.75, 3.05) is 0 Å². The molecule has 2 radical (unpaired) electrons. The van der Waals surface area contributed by atoms with E-state index < -0.39 is 0 Å². The molecule has 0 aromatic heterocycles. The number of rotatable bonds is 0. The maximum atomic E-state index is 2.00. The third-order valence-corrected chi connectivity index (χ3v) is 0. The molecular formula is C10H31Y3-4. The van der Waals surface area contributed by atoms with Crippen molar-refractivity contribution in [1.82, 2.24) is 0 Å². The largest absolute Gasteiger partial charge is 3.00 e. The van der Waals surface area contributed by atoms with Crippen LogP contribution in [0.3, 0.4) is 0 Å². The second-order valence-electron chi connectivity index (χ2n) is 0. The third-order valence-electron chi connectivity index (χ3n) is 0. The molecule has 0 aromatic rings. The van der Waals surface area contributed by atoms with Crippen molar-refractivity contribution in [2.45, 2.75) is 21.3 Å². The van der Waals surface area contributed by atoms with E-state index in [0.29, 0.717) is 0 Å². The van der Waals surface area contributed by atoms with Crippen LogP contribution in [-0.2, 0) is 98.1 Å². The third kappa shape index (κ3) is 247. The van der Waals surface area contributed by atoms with Crippen LogP contribution < -0.4 is 0 Å². The molecule has 0 bridgehead atoms. The van der Waals surface area contributed by atoms with Gasteiger partial charge in [-0.3, -0.25) is 0 Å². The summed E-state index contributed by atoms with van der Waals surface area (Å²) in [6, 6.07) is 0. The molecule has 0 fully saturated rings. The molecule has 0 heterocycles. The zero-order chi connectivity index (χ0) is 2.00. The topological polar surface area (TPSA) is 0 Å².